The van der Waals surface area contributed by atoms with Crippen molar-refractivity contribution in [2.45, 2.75) is 30.8 Å². The van der Waals surface area contributed by atoms with Crippen LogP contribution in [-0.2, 0) is 14.3 Å². The highest BCUT2D eigenvalue weighted by atomic mass is 16.6. The summed E-state index contributed by atoms with van der Waals surface area (Å²) in [5.74, 6) is -3.33. The maximum absolute atomic E-state index is 14.2. The molecule has 196 valence electrons. The maximum atomic E-state index is 14.2. The van der Waals surface area contributed by atoms with E-state index >= 15 is 0 Å². The molecule has 3 amide bonds. The smallest absolute Gasteiger partial charge is 0.271 e. The number of non-ortho nitro benzene ring substituents is 1. The van der Waals surface area contributed by atoms with E-state index in [2.05, 4.69) is 5.32 Å². The number of amides is 3. The van der Waals surface area contributed by atoms with Crippen molar-refractivity contribution >= 4 is 29.1 Å². The number of hydrogen-bond donors (Lipinski definition) is 1. The minimum Gasteiger partial charge on any atom is -0.376 e. The summed E-state index contributed by atoms with van der Waals surface area (Å²) in [6.07, 6.45) is 1.63. The molecular weight excluding hydrogens is 498 g/mol. The Bertz CT molecular complexity index is 1450. The fourth-order valence-corrected chi connectivity index (χ4v) is 7.03. The van der Waals surface area contributed by atoms with E-state index in [9.17, 15) is 24.5 Å². The lowest BCUT2D eigenvalue weighted by Gasteiger charge is -2.45. The lowest BCUT2D eigenvalue weighted by Crippen LogP contribution is -2.41. The second-order valence-corrected chi connectivity index (χ2v) is 10.6. The lowest BCUT2D eigenvalue weighted by atomic mass is 9.55. The Morgan fingerprint density at radius 3 is 1.97 bits per heavy atom. The minimum absolute atomic E-state index is 0.0429. The number of imide groups is 1. The summed E-state index contributed by atoms with van der Waals surface area (Å²) >= 11 is 0. The van der Waals surface area contributed by atoms with Crippen LogP contribution in [0, 0.1) is 22.0 Å². The summed E-state index contributed by atoms with van der Waals surface area (Å²) in [5.41, 5.74) is 3.80. The molecule has 2 fully saturated rings. The number of hydrogen-bond acceptors (Lipinski definition) is 6. The van der Waals surface area contributed by atoms with Gasteiger partial charge >= 0.3 is 0 Å². The molecule has 39 heavy (non-hydrogen) atoms. The van der Waals surface area contributed by atoms with Gasteiger partial charge in [-0.05, 0) is 41.2 Å². The third-order valence-electron chi connectivity index (χ3n) is 8.64. The standard InChI is InChI=1S/C30H25N3O6/c34-28(31-15-17-6-5-13-39-17)22-12-11-16(33(37)38)14-23(22)32-29(35)26-24-18-7-1-2-8-19(18)25(27(26)30(32)36)21-10-4-3-9-20(21)24/h1-4,7-12,14,17,24-27H,5-6,13,15H2,(H,31,34)/t17-,24?,25?,26-,27+/m1/s1. The molecule has 9 nitrogen and oxygen atoms in total. The monoisotopic (exact) mass is 523 g/mol. The van der Waals surface area contributed by atoms with Crippen molar-refractivity contribution in [2.75, 3.05) is 18.1 Å². The second kappa shape index (κ2) is 8.84. The van der Waals surface area contributed by atoms with Crippen molar-refractivity contribution in [3.05, 3.63) is 105 Å². The van der Waals surface area contributed by atoms with E-state index in [1.165, 1.54) is 12.1 Å². The van der Waals surface area contributed by atoms with E-state index in [0.717, 1.165) is 46.1 Å². The van der Waals surface area contributed by atoms with E-state index in [1.807, 2.05) is 48.5 Å². The van der Waals surface area contributed by atoms with Gasteiger partial charge in [-0.3, -0.25) is 24.5 Å². The molecule has 3 atom stereocenters. The fraction of sp³-hybridized carbons (Fsp3) is 0.300. The number of carbonyl (C=O) groups is 3. The van der Waals surface area contributed by atoms with Gasteiger partial charge in [0.25, 0.3) is 11.6 Å². The number of anilines is 1. The van der Waals surface area contributed by atoms with Crippen molar-refractivity contribution in [2.24, 2.45) is 11.8 Å². The highest BCUT2D eigenvalue weighted by Crippen LogP contribution is 2.61. The third kappa shape index (κ3) is 3.46. The Morgan fingerprint density at radius 1 is 0.923 bits per heavy atom. The van der Waals surface area contributed by atoms with Crippen LogP contribution >= 0.6 is 0 Å². The molecular formula is C30H25N3O6. The molecule has 1 N–H and O–H groups in total. The molecule has 3 aromatic rings. The first kappa shape index (κ1) is 23.7. The third-order valence-corrected chi connectivity index (χ3v) is 8.64. The van der Waals surface area contributed by atoms with E-state index in [1.54, 1.807) is 0 Å². The lowest BCUT2D eigenvalue weighted by molar-refractivity contribution is -0.384. The molecule has 3 aliphatic carbocycles. The van der Waals surface area contributed by atoms with Crippen LogP contribution in [0.5, 0.6) is 0 Å². The van der Waals surface area contributed by atoms with Crippen molar-refractivity contribution in [3.63, 3.8) is 0 Å². The Balaban J connectivity index is 1.32. The zero-order chi connectivity index (χ0) is 26.8. The Kier molecular flexibility index (Phi) is 5.38. The van der Waals surface area contributed by atoms with Gasteiger partial charge in [0.05, 0.1) is 34.1 Å². The summed E-state index contributed by atoms with van der Waals surface area (Å²) in [4.78, 5) is 53.7. The zero-order valence-electron chi connectivity index (χ0n) is 20.9. The van der Waals surface area contributed by atoms with Gasteiger partial charge in [0.15, 0.2) is 0 Å². The molecule has 3 aromatic carbocycles. The maximum Gasteiger partial charge on any atom is 0.271 e. The molecule has 0 unspecified atom stereocenters. The molecule has 0 spiro atoms. The summed E-state index contributed by atoms with van der Waals surface area (Å²) < 4.78 is 5.59. The summed E-state index contributed by atoms with van der Waals surface area (Å²) in [7, 11) is 0. The fourth-order valence-electron chi connectivity index (χ4n) is 7.03. The van der Waals surface area contributed by atoms with Crippen LogP contribution in [0.3, 0.4) is 0 Å². The molecule has 0 saturated carbocycles. The number of nitrogens with zero attached hydrogens (tertiary/aromatic N) is 2. The van der Waals surface area contributed by atoms with Crippen LogP contribution in [0.25, 0.3) is 0 Å². The number of nitro benzene ring substituents is 1. The van der Waals surface area contributed by atoms with E-state index in [4.69, 9.17) is 4.74 Å². The summed E-state index contributed by atoms with van der Waals surface area (Å²) in [6, 6.07) is 19.5. The van der Waals surface area contributed by atoms with Crippen molar-refractivity contribution in [1.29, 1.82) is 0 Å². The van der Waals surface area contributed by atoms with Crippen LogP contribution < -0.4 is 10.2 Å². The van der Waals surface area contributed by atoms with Gasteiger partial charge in [0.1, 0.15) is 0 Å². The van der Waals surface area contributed by atoms with Crippen LogP contribution in [0.15, 0.2) is 66.7 Å². The number of nitro groups is 1. The molecule has 0 radical (unpaired) electrons. The van der Waals surface area contributed by atoms with Gasteiger partial charge in [-0.2, -0.15) is 0 Å². The number of rotatable bonds is 5. The average molecular weight is 524 g/mol. The van der Waals surface area contributed by atoms with Crippen molar-refractivity contribution in [3.8, 4) is 0 Å². The Morgan fingerprint density at radius 2 is 1.49 bits per heavy atom. The molecule has 2 saturated heterocycles. The van der Waals surface area contributed by atoms with Crippen LogP contribution in [0.2, 0.25) is 0 Å². The van der Waals surface area contributed by atoms with Crippen LogP contribution in [0.1, 0.15) is 57.3 Å². The van der Waals surface area contributed by atoms with E-state index in [0.29, 0.717) is 6.61 Å². The SMILES string of the molecule is O=C(NC[C@H]1CCCO1)c1ccc([N+](=O)[O-])cc1N1C(=O)[C@@H]2C3c4ccccc4C(c4ccccc43)[C@@H]2C1=O. The number of nitrogens with one attached hydrogen (secondary N) is 1. The van der Waals surface area contributed by atoms with Crippen molar-refractivity contribution in [1.82, 2.24) is 5.32 Å². The first-order chi connectivity index (χ1) is 19.0. The van der Waals surface area contributed by atoms with E-state index < -0.39 is 34.5 Å². The van der Waals surface area contributed by atoms with Gasteiger partial charge in [-0.25, -0.2) is 4.90 Å². The predicted molar refractivity (Wildman–Crippen MR) is 140 cm³/mol. The Hall–Kier alpha value is -4.37. The molecule has 0 aromatic heterocycles. The summed E-state index contributed by atoms with van der Waals surface area (Å²) in [6.45, 7) is 0.910. The minimum atomic E-state index is -0.658. The molecule has 2 aliphatic heterocycles. The predicted octanol–water partition coefficient (Wildman–Crippen LogP) is 3.90. The normalized spacial score (nSPS) is 26.3. The highest BCUT2D eigenvalue weighted by molar-refractivity contribution is 6.25. The largest absolute Gasteiger partial charge is 0.376 e. The molecule has 2 heterocycles. The quantitative estimate of drug-likeness (QED) is 0.308. The van der Waals surface area contributed by atoms with Gasteiger partial charge in [-0.1, -0.05) is 48.5 Å². The van der Waals surface area contributed by atoms with Gasteiger partial charge in [0, 0.05) is 37.1 Å². The number of ether oxygens (including phenoxy) is 1. The number of benzene rings is 3. The van der Waals surface area contributed by atoms with Gasteiger partial charge < -0.3 is 10.1 Å². The van der Waals surface area contributed by atoms with Crippen LogP contribution in [0.4, 0.5) is 11.4 Å². The Labute approximate surface area is 223 Å². The molecule has 9 heteroatoms. The average Bonchev–Trinajstić information content (AvgIpc) is 3.57. The summed E-state index contributed by atoms with van der Waals surface area (Å²) in [5, 5.41) is 14.5. The van der Waals surface area contributed by atoms with Crippen LogP contribution in [-0.4, -0.2) is 41.9 Å². The first-order valence-corrected chi connectivity index (χ1v) is 13.2. The highest BCUT2D eigenvalue weighted by Gasteiger charge is 2.62. The first-order valence-electron chi connectivity index (χ1n) is 13.2. The van der Waals surface area contributed by atoms with Gasteiger partial charge in [-0.15, -0.1) is 0 Å². The molecule has 8 rings (SSSR count). The second-order valence-electron chi connectivity index (χ2n) is 10.6. The topological polar surface area (TPSA) is 119 Å². The van der Waals surface area contributed by atoms with Gasteiger partial charge in [0.2, 0.25) is 11.8 Å². The van der Waals surface area contributed by atoms with E-state index in [-0.39, 0.29) is 41.4 Å². The molecule has 5 aliphatic rings. The van der Waals surface area contributed by atoms with Crippen molar-refractivity contribution < 1.29 is 24.0 Å². The molecule has 2 bridgehead atoms. The zero-order valence-corrected chi connectivity index (χ0v) is 20.9. The number of carbonyl (C=O) groups excluding carboxylic acids is 3.